The first-order valence-corrected chi connectivity index (χ1v) is 7.25. The van der Waals surface area contributed by atoms with Crippen LogP contribution >= 0.6 is 15.9 Å². The van der Waals surface area contributed by atoms with E-state index in [1.165, 1.54) is 11.1 Å². The fraction of sp³-hybridized carbons (Fsp3) is 0.200. The molecule has 0 amide bonds. The van der Waals surface area contributed by atoms with Gasteiger partial charge in [0.1, 0.15) is 4.60 Å². The lowest BCUT2D eigenvalue weighted by molar-refractivity contribution is 0.674. The highest BCUT2D eigenvalue weighted by Gasteiger charge is 2.04. The first-order chi connectivity index (χ1) is 9.72. The van der Waals surface area contributed by atoms with Gasteiger partial charge in [0.2, 0.25) is 0 Å². The van der Waals surface area contributed by atoms with E-state index in [1.807, 2.05) is 16.8 Å². The maximum absolute atomic E-state index is 4.34. The highest BCUT2D eigenvalue weighted by atomic mass is 79.9. The van der Waals surface area contributed by atoms with Gasteiger partial charge >= 0.3 is 0 Å². The third kappa shape index (κ3) is 2.89. The molecule has 102 valence electrons. The fourth-order valence-corrected chi connectivity index (χ4v) is 2.51. The molecule has 0 radical (unpaired) electrons. The Labute approximate surface area is 126 Å². The van der Waals surface area contributed by atoms with Crippen LogP contribution in [0.5, 0.6) is 0 Å². The summed E-state index contributed by atoms with van der Waals surface area (Å²) in [6.07, 6.45) is 5.58. The van der Waals surface area contributed by atoms with Gasteiger partial charge < -0.3 is 5.32 Å². The van der Waals surface area contributed by atoms with Crippen LogP contribution in [0.1, 0.15) is 16.8 Å². The molecule has 0 aliphatic rings. The summed E-state index contributed by atoms with van der Waals surface area (Å²) < 4.78 is 2.85. The highest BCUT2D eigenvalue weighted by Crippen LogP contribution is 2.11. The molecule has 5 heteroatoms. The number of fused-ring (bicyclic) bond motifs is 1. The van der Waals surface area contributed by atoms with E-state index in [1.54, 1.807) is 6.20 Å². The lowest BCUT2D eigenvalue weighted by Gasteiger charge is -2.06. The first-order valence-electron chi connectivity index (χ1n) is 6.46. The van der Waals surface area contributed by atoms with E-state index in [9.17, 15) is 0 Å². The second kappa shape index (κ2) is 5.73. The molecular weight excluding hydrogens is 316 g/mol. The number of hydrogen-bond donors (Lipinski definition) is 1. The van der Waals surface area contributed by atoms with Crippen LogP contribution in [0.2, 0.25) is 0 Å². The Bertz CT molecular complexity index is 736. The molecule has 2 aromatic heterocycles. The van der Waals surface area contributed by atoms with Crippen molar-refractivity contribution in [1.29, 1.82) is 0 Å². The van der Waals surface area contributed by atoms with Crippen LogP contribution in [0.4, 0.5) is 0 Å². The number of hydrogen-bond acceptors (Lipinski definition) is 3. The van der Waals surface area contributed by atoms with Crippen LogP contribution in [0.15, 0.2) is 47.5 Å². The first kappa shape index (κ1) is 13.3. The number of aryl methyl sites for hydroxylation is 1. The second-order valence-electron chi connectivity index (χ2n) is 4.78. The van der Waals surface area contributed by atoms with Gasteiger partial charge in [-0.15, -0.1) is 0 Å². The maximum Gasteiger partial charge on any atom is 0.155 e. The minimum atomic E-state index is 0.769. The molecule has 0 saturated carbocycles. The molecule has 1 N–H and O–H groups in total. The van der Waals surface area contributed by atoms with Crippen LogP contribution in [0, 0.1) is 6.92 Å². The molecule has 0 aliphatic carbocycles. The predicted octanol–water partition coefficient (Wildman–Crippen LogP) is 3.09. The van der Waals surface area contributed by atoms with Gasteiger partial charge in [-0.2, -0.15) is 0 Å². The smallest absolute Gasteiger partial charge is 0.155 e. The van der Waals surface area contributed by atoms with E-state index in [-0.39, 0.29) is 0 Å². The summed E-state index contributed by atoms with van der Waals surface area (Å²) in [6.45, 7) is 3.73. The molecule has 0 spiro atoms. The van der Waals surface area contributed by atoms with Crippen LogP contribution in [-0.2, 0) is 13.1 Å². The lowest BCUT2D eigenvalue weighted by Crippen LogP contribution is -2.14. The van der Waals surface area contributed by atoms with Gasteiger partial charge in [0.25, 0.3) is 0 Å². The lowest BCUT2D eigenvalue weighted by atomic mass is 10.1. The van der Waals surface area contributed by atoms with Gasteiger partial charge in [-0.1, -0.05) is 29.8 Å². The Hall–Kier alpha value is -1.72. The van der Waals surface area contributed by atoms with Gasteiger partial charge in [-0.05, 0) is 28.4 Å². The zero-order valence-corrected chi connectivity index (χ0v) is 12.8. The van der Waals surface area contributed by atoms with Crippen molar-refractivity contribution in [2.75, 3.05) is 0 Å². The second-order valence-corrected chi connectivity index (χ2v) is 5.59. The minimum absolute atomic E-state index is 0.769. The number of rotatable bonds is 4. The molecule has 0 bridgehead atoms. The standard InChI is InChI=1S/C15H15BrN4/c1-11-3-2-4-12(5-11)6-17-7-13-8-19-15-9-18-14(16)10-20(13)15/h2-5,8-10,17H,6-7H2,1H3. The highest BCUT2D eigenvalue weighted by molar-refractivity contribution is 9.10. The average molecular weight is 331 g/mol. The number of imidazole rings is 1. The topological polar surface area (TPSA) is 42.2 Å². The Morgan fingerprint density at radius 2 is 2.10 bits per heavy atom. The molecule has 0 saturated heterocycles. The molecular formula is C15H15BrN4. The van der Waals surface area contributed by atoms with E-state index in [0.29, 0.717) is 0 Å². The van der Waals surface area contributed by atoms with Crippen molar-refractivity contribution in [2.45, 2.75) is 20.0 Å². The van der Waals surface area contributed by atoms with E-state index < -0.39 is 0 Å². The summed E-state index contributed by atoms with van der Waals surface area (Å²) in [5.41, 5.74) is 4.56. The fourth-order valence-electron chi connectivity index (χ4n) is 2.20. The van der Waals surface area contributed by atoms with Crippen LogP contribution in [-0.4, -0.2) is 14.4 Å². The van der Waals surface area contributed by atoms with Gasteiger partial charge in [0.05, 0.1) is 18.1 Å². The number of benzene rings is 1. The normalized spacial score (nSPS) is 11.1. The van der Waals surface area contributed by atoms with Crippen molar-refractivity contribution in [3.63, 3.8) is 0 Å². The van der Waals surface area contributed by atoms with E-state index in [0.717, 1.165) is 29.0 Å². The summed E-state index contributed by atoms with van der Waals surface area (Å²) in [7, 11) is 0. The largest absolute Gasteiger partial charge is 0.307 e. The van der Waals surface area contributed by atoms with Crippen molar-refractivity contribution < 1.29 is 0 Å². The zero-order chi connectivity index (χ0) is 13.9. The summed E-state index contributed by atoms with van der Waals surface area (Å²) >= 11 is 3.38. The molecule has 3 rings (SSSR count). The van der Waals surface area contributed by atoms with E-state index >= 15 is 0 Å². The quantitative estimate of drug-likeness (QED) is 0.799. The third-order valence-electron chi connectivity index (χ3n) is 3.16. The Balaban J connectivity index is 1.69. The summed E-state index contributed by atoms with van der Waals surface area (Å²) in [5, 5.41) is 3.45. The van der Waals surface area contributed by atoms with Crippen molar-refractivity contribution in [2.24, 2.45) is 0 Å². The van der Waals surface area contributed by atoms with Gasteiger partial charge in [0.15, 0.2) is 5.65 Å². The van der Waals surface area contributed by atoms with Crippen LogP contribution in [0.3, 0.4) is 0 Å². The number of halogens is 1. The third-order valence-corrected chi connectivity index (χ3v) is 3.57. The number of nitrogens with one attached hydrogen (secondary N) is 1. The molecule has 0 fully saturated rings. The van der Waals surface area contributed by atoms with E-state index in [2.05, 4.69) is 62.4 Å². The summed E-state index contributed by atoms with van der Waals surface area (Å²) in [5.74, 6) is 0. The monoisotopic (exact) mass is 330 g/mol. The molecule has 1 aromatic carbocycles. The Kier molecular flexibility index (Phi) is 3.80. The Morgan fingerprint density at radius 3 is 2.95 bits per heavy atom. The molecule has 3 aromatic rings. The Morgan fingerprint density at radius 1 is 1.20 bits per heavy atom. The molecule has 0 atom stereocenters. The molecule has 20 heavy (non-hydrogen) atoms. The SMILES string of the molecule is Cc1cccc(CNCc2cnc3cnc(Br)cn23)c1. The predicted molar refractivity (Wildman–Crippen MR) is 82.4 cm³/mol. The van der Waals surface area contributed by atoms with Crippen LogP contribution in [0.25, 0.3) is 5.65 Å². The van der Waals surface area contributed by atoms with Gasteiger partial charge in [-0.25, -0.2) is 9.97 Å². The van der Waals surface area contributed by atoms with E-state index in [4.69, 9.17) is 0 Å². The maximum atomic E-state index is 4.34. The average Bonchev–Trinajstić information content (AvgIpc) is 2.82. The number of nitrogens with zero attached hydrogens (tertiary/aromatic N) is 3. The van der Waals surface area contributed by atoms with Gasteiger partial charge in [0, 0.05) is 19.3 Å². The minimum Gasteiger partial charge on any atom is -0.307 e. The van der Waals surface area contributed by atoms with Crippen LogP contribution < -0.4 is 5.32 Å². The van der Waals surface area contributed by atoms with Crippen molar-refractivity contribution in [1.82, 2.24) is 19.7 Å². The molecule has 0 aliphatic heterocycles. The summed E-state index contributed by atoms with van der Waals surface area (Å²) in [4.78, 5) is 8.51. The zero-order valence-electron chi connectivity index (χ0n) is 11.2. The van der Waals surface area contributed by atoms with Gasteiger partial charge in [-0.3, -0.25) is 4.40 Å². The molecule has 4 nitrogen and oxygen atoms in total. The van der Waals surface area contributed by atoms with Crippen molar-refractivity contribution in [3.05, 3.63) is 64.3 Å². The molecule has 0 unspecified atom stereocenters. The number of aromatic nitrogens is 3. The van der Waals surface area contributed by atoms with Crippen molar-refractivity contribution >= 4 is 21.6 Å². The molecule has 2 heterocycles. The van der Waals surface area contributed by atoms with Crippen molar-refractivity contribution in [3.8, 4) is 0 Å². The summed E-state index contributed by atoms with van der Waals surface area (Å²) in [6, 6.07) is 8.53.